The van der Waals surface area contributed by atoms with E-state index in [1.54, 1.807) is 14.7 Å². The molecule has 3 amide bonds. The number of benzene rings is 6. The molecule has 18 heteroatoms. The van der Waals surface area contributed by atoms with E-state index in [4.69, 9.17) is 28.4 Å². The maximum Gasteiger partial charge on any atom is 0.341 e. The molecule has 0 radical (unpaired) electrons. The van der Waals surface area contributed by atoms with Gasteiger partial charge in [-0.3, -0.25) is 14.4 Å². The largest absolute Gasteiger partial charge is 0.483 e. The molecule has 0 spiro atoms. The summed E-state index contributed by atoms with van der Waals surface area (Å²) in [5, 5.41) is 33.2. The van der Waals surface area contributed by atoms with Gasteiger partial charge in [0, 0.05) is 77.8 Å². The minimum atomic E-state index is -1.22. The molecule has 6 aromatic rings. The van der Waals surface area contributed by atoms with Crippen molar-refractivity contribution in [2.75, 3.05) is 78.9 Å². The summed E-state index contributed by atoms with van der Waals surface area (Å²) in [6, 6.07) is 26.2. The Morgan fingerprint density at radius 3 is 0.432 bits per heavy atom. The number of carbonyl (C=O) groups is 6. The molecule has 0 fully saturated rings. The third-order valence-electron chi connectivity index (χ3n) is 25.7. The van der Waals surface area contributed by atoms with Crippen LogP contribution in [0, 0.1) is 32.5 Å². The van der Waals surface area contributed by atoms with Crippen molar-refractivity contribution < 1.29 is 72.5 Å². The van der Waals surface area contributed by atoms with E-state index in [2.05, 4.69) is 281 Å². The molecular formula is C114H171N3O15. The van der Waals surface area contributed by atoms with Gasteiger partial charge in [-0.25, -0.2) is 14.4 Å². The van der Waals surface area contributed by atoms with Gasteiger partial charge in [0.15, 0.2) is 39.6 Å². The molecule has 132 heavy (non-hydrogen) atoms. The molecule has 0 aliphatic heterocycles. The smallest absolute Gasteiger partial charge is 0.341 e. The molecule has 0 saturated carbocycles. The molecule has 732 valence electrons. The first kappa shape index (κ1) is 110. The van der Waals surface area contributed by atoms with Gasteiger partial charge in [-0.1, -0.05) is 281 Å². The zero-order valence-corrected chi connectivity index (χ0v) is 88.5. The van der Waals surface area contributed by atoms with E-state index in [1.807, 2.05) is 41.5 Å². The van der Waals surface area contributed by atoms with E-state index >= 15 is 14.4 Å². The zero-order chi connectivity index (χ0) is 99.8. The summed E-state index contributed by atoms with van der Waals surface area (Å²) in [4.78, 5) is 91.3. The number of aliphatic carboxylic acids is 3. The Hall–Kier alpha value is -9.06. The van der Waals surface area contributed by atoms with E-state index in [0.29, 0.717) is 132 Å². The molecule has 3 N–H and O–H groups in total. The summed E-state index contributed by atoms with van der Waals surface area (Å²) in [6.07, 6.45) is 4.76. The average Bonchev–Trinajstić information content (AvgIpc) is 0.757. The highest BCUT2D eigenvalue weighted by molar-refractivity contribution is 5.80. The van der Waals surface area contributed by atoms with Gasteiger partial charge < -0.3 is 58.4 Å². The van der Waals surface area contributed by atoms with Gasteiger partial charge in [0.1, 0.15) is 34.5 Å². The summed E-state index contributed by atoms with van der Waals surface area (Å²) < 4.78 is 43.3. The SMILES string of the molecule is CCN(CC)C(=O)COc1c2cc(C(C)(C)CC(C)(C)C)cc1Cc1cc(C(C)(C)CC(C)(C)C)cc(c1OCC(=O)N(CC)CC)Cc1cc(C(C)(C)CC(C)(C)C)cc(c1OCC(=O)N(CC)CC)Cc1cc(C(C)(C)CC(C)(C)C)cc(c1OCC(=O)O)Cc1cc(C(C)(C)CC(C)(C)C)cc(c1OCC(=O)O)Cc1cc(C(C)(C)CC(C)(C)C)cc(c1OCC(=O)O)C2. The Morgan fingerprint density at radius 1 is 0.220 bits per heavy atom. The molecule has 7 rings (SSSR count). The van der Waals surface area contributed by atoms with Crippen molar-refractivity contribution in [2.45, 2.75) is 359 Å². The van der Waals surface area contributed by atoms with Crippen LogP contribution in [-0.2, 0) is 99.8 Å². The highest BCUT2D eigenvalue weighted by atomic mass is 16.5. The summed E-state index contributed by atoms with van der Waals surface area (Å²) in [7, 11) is 0. The van der Waals surface area contributed by atoms with Gasteiger partial charge in [0.2, 0.25) is 0 Å². The number of carboxylic acid groups (broad SMARTS) is 3. The van der Waals surface area contributed by atoms with E-state index in [0.717, 1.165) is 74.9 Å². The molecule has 0 saturated heterocycles. The molecule has 0 unspecified atom stereocenters. The number of nitrogens with zero attached hydrogens (tertiary/aromatic N) is 3. The number of carbonyl (C=O) groups excluding carboxylic acids is 3. The monoisotopic (exact) mass is 1820 g/mol. The Kier molecular flexibility index (Phi) is 35.7. The van der Waals surface area contributed by atoms with E-state index in [9.17, 15) is 29.7 Å². The van der Waals surface area contributed by atoms with E-state index in [1.165, 1.54) is 0 Å². The maximum atomic E-state index is 15.1. The predicted molar refractivity (Wildman–Crippen MR) is 538 cm³/mol. The van der Waals surface area contributed by atoms with Crippen LogP contribution in [0.4, 0.5) is 0 Å². The Balaban J connectivity index is 1.99. The van der Waals surface area contributed by atoms with Crippen LogP contribution in [0.5, 0.6) is 34.5 Å². The second-order valence-electron chi connectivity index (χ2n) is 49.1. The van der Waals surface area contributed by atoms with Crippen molar-refractivity contribution in [1.29, 1.82) is 0 Å². The number of rotatable bonds is 36. The van der Waals surface area contributed by atoms with Gasteiger partial charge in [-0.05, 0) is 245 Å². The van der Waals surface area contributed by atoms with Crippen LogP contribution in [0.2, 0.25) is 0 Å². The standard InChI is InChI=1S/C114H171N3O15/c1-37-115(38-2)91(118)61-127-97-73-43-75-51-86(110(27,28)68-104(10,11)12)53-77(98(75)128-62-92(119)116(39-3)40-4)45-79-55-88(112(31,32)70-106(16,17)18)57-81(100(79)130-64-94(121)122)47-83-59-90(114(35,36)72-108(22,23)24)60-84(102(83)132-66-96(125)126)48-82-58-89(113(33,34)71-107(19,20)21)56-80(101(82)131-65-95(123)124)46-78-54-87(111(29,30)69-105(13,14)15)52-76(99(78)129-63-93(120)117(41-5)42-6)44-74(97)50-85(49-73)109(25,26)67-103(7,8)9/h49-60H,37-48,61-72H2,1-36H3,(H,121,122)(H,123,124)(H,125,126). The van der Waals surface area contributed by atoms with Crippen molar-refractivity contribution in [2.24, 2.45) is 32.5 Å². The highest BCUT2D eigenvalue weighted by Gasteiger charge is 2.40. The van der Waals surface area contributed by atoms with Gasteiger partial charge in [0.25, 0.3) is 17.7 Å². The summed E-state index contributed by atoms with van der Waals surface area (Å²) in [6.45, 7) is 78.3. The second kappa shape index (κ2) is 42.9. The highest BCUT2D eigenvalue weighted by Crippen LogP contribution is 2.52. The lowest BCUT2D eigenvalue weighted by molar-refractivity contribution is -0.140. The van der Waals surface area contributed by atoms with Crippen molar-refractivity contribution in [3.05, 3.63) is 173 Å². The summed E-state index contributed by atoms with van der Waals surface area (Å²) >= 11 is 0. The van der Waals surface area contributed by atoms with Crippen LogP contribution >= 0.6 is 0 Å². The van der Waals surface area contributed by atoms with Gasteiger partial charge >= 0.3 is 17.9 Å². The molecule has 1 aliphatic carbocycles. The Bertz CT molecular complexity index is 4790. The minimum absolute atomic E-state index is 0.0221. The van der Waals surface area contributed by atoms with E-state index in [-0.39, 0.29) is 114 Å². The number of fused-ring (bicyclic) bond motifs is 12. The Labute approximate surface area is 795 Å². The van der Waals surface area contributed by atoms with Gasteiger partial charge in [0.05, 0.1) is 0 Å². The lowest BCUT2D eigenvalue weighted by atomic mass is 9.70. The number of likely N-dealkylation sites (N-methyl/N-ethyl adjacent to an activating group) is 3. The first-order valence-electron chi connectivity index (χ1n) is 48.7. The van der Waals surface area contributed by atoms with E-state index < -0.39 is 70.2 Å². The molecule has 6 aromatic carbocycles. The molecular weight excluding hydrogens is 1650 g/mol. The third-order valence-corrected chi connectivity index (χ3v) is 25.7. The van der Waals surface area contributed by atoms with Crippen LogP contribution in [0.25, 0.3) is 0 Å². The molecule has 0 atom stereocenters. The van der Waals surface area contributed by atoms with Crippen molar-refractivity contribution in [3.63, 3.8) is 0 Å². The topological polar surface area (TPSA) is 228 Å². The van der Waals surface area contributed by atoms with Gasteiger partial charge in [-0.15, -0.1) is 0 Å². The van der Waals surface area contributed by atoms with Crippen LogP contribution in [0.1, 0.15) is 388 Å². The summed E-state index contributed by atoms with van der Waals surface area (Å²) in [5.74, 6) is -2.11. The fourth-order valence-electron chi connectivity index (χ4n) is 22.2. The normalized spacial score (nSPS) is 13.6. The number of amides is 3. The van der Waals surface area contributed by atoms with Crippen molar-refractivity contribution in [3.8, 4) is 34.5 Å². The number of hydrogen-bond acceptors (Lipinski definition) is 12. The lowest BCUT2D eigenvalue weighted by Gasteiger charge is -2.36. The van der Waals surface area contributed by atoms with Gasteiger partial charge in [-0.2, -0.15) is 0 Å². The fraction of sp³-hybridized carbons (Fsp3) is 0.632. The quantitative estimate of drug-likeness (QED) is 0.0332. The molecule has 1 aliphatic rings. The first-order chi connectivity index (χ1) is 60.5. The number of carboxylic acids is 3. The lowest BCUT2D eigenvalue weighted by Crippen LogP contribution is -2.35. The average molecular weight is 1820 g/mol. The molecule has 18 nitrogen and oxygen atoms in total. The molecule has 12 bridgehead atoms. The van der Waals surface area contributed by atoms with Crippen LogP contribution in [0.15, 0.2) is 72.8 Å². The first-order valence-corrected chi connectivity index (χ1v) is 48.7. The maximum absolute atomic E-state index is 15.1. The minimum Gasteiger partial charge on any atom is -0.483 e. The van der Waals surface area contributed by atoms with Crippen LogP contribution in [-0.4, -0.2) is 145 Å². The zero-order valence-electron chi connectivity index (χ0n) is 88.5. The molecule has 0 aromatic heterocycles. The van der Waals surface area contributed by atoms with Crippen molar-refractivity contribution in [1.82, 2.24) is 14.7 Å². The Morgan fingerprint density at radius 2 is 0.333 bits per heavy atom. The second-order valence-corrected chi connectivity index (χ2v) is 49.1. The van der Waals surface area contributed by atoms with Crippen LogP contribution < -0.4 is 28.4 Å². The molecule has 0 heterocycles. The van der Waals surface area contributed by atoms with Crippen molar-refractivity contribution >= 4 is 35.6 Å². The third kappa shape index (κ3) is 31.0. The number of hydrogen-bond donors (Lipinski definition) is 3. The summed E-state index contributed by atoms with van der Waals surface area (Å²) in [5.41, 5.74) is 9.00. The number of ether oxygens (including phenoxy) is 6. The van der Waals surface area contributed by atoms with Crippen LogP contribution in [0.3, 0.4) is 0 Å². The fourth-order valence-corrected chi connectivity index (χ4v) is 22.2. The predicted octanol–water partition coefficient (Wildman–Crippen LogP) is 25.0.